The summed E-state index contributed by atoms with van der Waals surface area (Å²) in [6, 6.07) is -0.360. The van der Waals surface area contributed by atoms with Gasteiger partial charge in [0.05, 0.1) is 12.1 Å². The van der Waals surface area contributed by atoms with Crippen LogP contribution in [0, 0.1) is 11.8 Å². The molecular formula is C11H20N2O2. The lowest BCUT2D eigenvalue weighted by Crippen LogP contribution is -2.43. The van der Waals surface area contributed by atoms with Crippen LogP contribution in [-0.4, -0.2) is 41.1 Å². The quantitative estimate of drug-likeness (QED) is 0.674. The lowest BCUT2D eigenvalue weighted by Gasteiger charge is -2.21. The van der Waals surface area contributed by atoms with E-state index in [9.17, 15) is 9.90 Å². The van der Waals surface area contributed by atoms with Crippen molar-refractivity contribution in [3.05, 3.63) is 0 Å². The van der Waals surface area contributed by atoms with Crippen molar-refractivity contribution in [1.82, 2.24) is 4.90 Å². The van der Waals surface area contributed by atoms with Gasteiger partial charge in [0.15, 0.2) is 0 Å². The SMILES string of the molecule is CC[C@@H](N)C(=O)N1CC2CCC(O)C2C1. The molecule has 15 heavy (non-hydrogen) atoms. The van der Waals surface area contributed by atoms with E-state index >= 15 is 0 Å². The van der Waals surface area contributed by atoms with Crippen molar-refractivity contribution in [2.45, 2.75) is 38.3 Å². The van der Waals surface area contributed by atoms with E-state index in [1.54, 1.807) is 0 Å². The summed E-state index contributed by atoms with van der Waals surface area (Å²) in [6.45, 7) is 3.43. The molecule has 1 saturated carbocycles. The van der Waals surface area contributed by atoms with Gasteiger partial charge in [0.25, 0.3) is 0 Å². The number of likely N-dealkylation sites (tertiary alicyclic amines) is 1. The summed E-state index contributed by atoms with van der Waals surface area (Å²) >= 11 is 0. The van der Waals surface area contributed by atoms with Crippen LogP contribution in [-0.2, 0) is 4.79 Å². The number of aliphatic hydroxyl groups is 1. The molecule has 2 aliphatic rings. The van der Waals surface area contributed by atoms with Crippen LogP contribution in [0.5, 0.6) is 0 Å². The second-order valence-electron chi connectivity index (χ2n) is 4.83. The molecule has 0 spiro atoms. The third kappa shape index (κ3) is 1.88. The summed E-state index contributed by atoms with van der Waals surface area (Å²) in [6.07, 6.45) is 2.44. The zero-order valence-electron chi connectivity index (χ0n) is 9.22. The third-order valence-corrected chi connectivity index (χ3v) is 3.89. The molecule has 1 heterocycles. The molecule has 1 amide bonds. The second kappa shape index (κ2) is 4.10. The average molecular weight is 212 g/mol. The predicted molar refractivity (Wildman–Crippen MR) is 57.1 cm³/mol. The molecule has 2 fully saturated rings. The minimum absolute atomic E-state index is 0.0547. The summed E-state index contributed by atoms with van der Waals surface area (Å²) in [5.74, 6) is 0.866. The zero-order chi connectivity index (χ0) is 11.0. The van der Waals surface area contributed by atoms with Crippen molar-refractivity contribution in [2.75, 3.05) is 13.1 Å². The standard InChI is InChI=1S/C11H20N2O2/c1-2-9(12)11(15)13-5-7-3-4-10(14)8(7)6-13/h7-10,14H,2-6,12H2,1H3/t7?,8?,9-,10?/m1/s1. The maximum atomic E-state index is 11.8. The van der Waals surface area contributed by atoms with Crippen LogP contribution < -0.4 is 5.73 Å². The van der Waals surface area contributed by atoms with E-state index in [1.165, 1.54) is 0 Å². The Balaban J connectivity index is 1.96. The molecule has 0 aromatic rings. The van der Waals surface area contributed by atoms with Crippen LogP contribution in [0.3, 0.4) is 0 Å². The molecule has 1 aliphatic carbocycles. The van der Waals surface area contributed by atoms with E-state index in [0.717, 1.165) is 19.4 Å². The van der Waals surface area contributed by atoms with Crippen LogP contribution in [0.15, 0.2) is 0 Å². The first-order valence-electron chi connectivity index (χ1n) is 5.86. The Hall–Kier alpha value is -0.610. The predicted octanol–water partition coefficient (Wildman–Crippen LogP) is -0.0470. The van der Waals surface area contributed by atoms with Crippen molar-refractivity contribution >= 4 is 5.91 Å². The Labute approximate surface area is 90.4 Å². The number of aliphatic hydroxyl groups excluding tert-OH is 1. The summed E-state index contributed by atoms with van der Waals surface area (Å²) in [5.41, 5.74) is 5.73. The van der Waals surface area contributed by atoms with Gasteiger partial charge < -0.3 is 15.7 Å². The van der Waals surface area contributed by atoms with Crippen LogP contribution in [0.2, 0.25) is 0 Å². The molecule has 0 aromatic carbocycles. The summed E-state index contributed by atoms with van der Waals surface area (Å²) in [5, 5.41) is 9.73. The van der Waals surface area contributed by atoms with Gasteiger partial charge in [-0.2, -0.15) is 0 Å². The molecule has 4 nitrogen and oxygen atoms in total. The third-order valence-electron chi connectivity index (χ3n) is 3.89. The fourth-order valence-electron chi connectivity index (χ4n) is 2.83. The van der Waals surface area contributed by atoms with Gasteiger partial charge in [-0.05, 0) is 25.2 Å². The Morgan fingerprint density at radius 3 is 2.87 bits per heavy atom. The number of rotatable bonds is 2. The number of fused-ring (bicyclic) bond motifs is 1. The molecule has 3 unspecified atom stereocenters. The van der Waals surface area contributed by atoms with Gasteiger partial charge in [-0.15, -0.1) is 0 Å². The minimum Gasteiger partial charge on any atom is -0.393 e. The zero-order valence-corrected chi connectivity index (χ0v) is 9.22. The van der Waals surface area contributed by atoms with E-state index < -0.39 is 0 Å². The molecule has 2 rings (SSSR count). The van der Waals surface area contributed by atoms with Crippen LogP contribution in [0.1, 0.15) is 26.2 Å². The topological polar surface area (TPSA) is 66.6 Å². The normalized spacial score (nSPS) is 36.7. The molecule has 4 heteroatoms. The summed E-state index contributed by atoms with van der Waals surface area (Å²) in [4.78, 5) is 13.7. The average Bonchev–Trinajstić information content (AvgIpc) is 2.79. The Bertz CT molecular complexity index is 257. The van der Waals surface area contributed by atoms with Crippen molar-refractivity contribution in [2.24, 2.45) is 17.6 Å². The lowest BCUT2D eigenvalue weighted by molar-refractivity contribution is -0.132. The van der Waals surface area contributed by atoms with Crippen molar-refractivity contribution in [3.63, 3.8) is 0 Å². The van der Waals surface area contributed by atoms with Crippen LogP contribution >= 0.6 is 0 Å². The highest BCUT2D eigenvalue weighted by atomic mass is 16.3. The van der Waals surface area contributed by atoms with Gasteiger partial charge in [-0.3, -0.25) is 4.79 Å². The number of hydrogen-bond donors (Lipinski definition) is 2. The molecule has 4 atom stereocenters. The van der Waals surface area contributed by atoms with Crippen molar-refractivity contribution < 1.29 is 9.90 Å². The van der Waals surface area contributed by atoms with Gasteiger partial charge in [0, 0.05) is 19.0 Å². The number of hydrogen-bond acceptors (Lipinski definition) is 3. The highest BCUT2D eigenvalue weighted by Gasteiger charge is 2.43. The van der Waals surface area contributed by atoms with Gasteiger partial charge in [0.2, 0.25) is 5.91 Å². The van der Waals surface area contributed by atoms with E-state index in [1.807, 2.05) is 11.8 Å². The van der Waals surface area contributed by atoms with E-state index in [-0.39, 0.29) is 18.1 Å². The van der Waals surface area contributed by atoms with Crippen molar-refractivity contribution in [3.8, 4) is 0 Å². The van der Waals surface area contributed by atoms with Crippen LogP contribution in [0.25, 0.3) is 0 Å². The highest BCUT2D eigenvalue weighted by Crippen LogP contribution is 2.38. The molecule has 3 N–H and O–H groups in total. The van der Waals surface area contributed by atoms with Gasteiger partial charge in [-0.1, -0.05) is 6.92 Å². The Morgan fingerprint density at radius 1 is 1.53 bits per heavy atom. The van der Waals surface area contributed by atoms with Gasteiger partial charge in [-0.25, -0.2) is 0 Å². The molecule has 86 valence electrons. The molecule has 0 aromatic heterocycles. The first-order chi connectivity index (χ1) is 7.13. The van der Waals surface area contributed by atoms with Crippen molar-refractivity contribution in [1.29, 1.82) is 0 Å². The number of amides is 1. The molecule has 1 saturated heterocycles. The van der Waals surface area contributed by atoms with E-state index in [4.69, 9.17) is 5.73 Å². The minimum atomic E-state index is -0.360. The fourth-order valence-corrected chi connectivity index (χ4v) is 2.83. The second-order valence-corrected chi connectivity index (χ2v) is 4.83. The molecule has 1 aliphatic heterocycles. The molecular weight excluding hydrogens is 192 g/mol. The number of carbonyl (C=O) groups is 1. The Kier molecular flexibility index (Phi) is 2.98. The van der Waals surface area contributed by atoms with E-state index in [0.29, 0.717) is 24.8 Å². The number of nitrogens with two attached hydrogens (primary N) is 1. The van der Waals surface area contributed by atoms with Crippen LogP contribution in [0.4, 0.5) is 0 Å². The molecule has 0 radical (unpaired) electrons. The smallest absolute Gasteiger partial charge is 0.239 e. The summed E-state index contributed by atoms with van der Waals surface area (Å²) in [7, 11) is 0. The number of nitrogens with zero attached hydrogens (tertiary/aromatic N) is 1. The first-order valence-corrected chi connectivity index (χ1v) is 5.86. The van der Waals surface area contributed by atoms with Gasteiger partial charge >= 0.3 is 0 Å². The number of carbonyl (C=O) groups excluding carboxylic acids is 1. The maximum Gasteiger partial charge on any atom is 0.239 e. The maximum absolute atomic E-state index is 11.8. The fraction of sp³-hybridized carbons (Fsp3) is 0.909. The monoisotopic (exact) mass is 212 g/mol. The molecule has 0 bridgehead atoms. The largest absolute Gasteiger partial charge is 0.393 e. The van der Waals surface area contributed by atoms with Gasteiger partial charge in [0.1, 0.15) is 0 Å². The Morgan fingerprint density at radius 2 is 2.27 bits per heavy atom. The lowest BCUT2D eigenvalue weighted by atomic mass is 10.00. The highest BCUT2D eigenvalue weighted by molar-refractivity contribution is 5.81. The summed E-state index contributed by atoms with van der Waals surface area (Å²) < 4.78 is 0. The first kappa shape index (κ1) is 10.9. The van der Waals surface area contributed by atoms with E-state index in [2.05, 4.69) is 0 Å².